The van der Waals surface area contributed by atoms with Crippen LogP contribution in [0.1, 0.15) is 22.8 Å². The molecule has 0 heterocycles. The van der Waals surface area contributed by atoms with E-state index in [1.165, 1.54) is 18.2 Å². The number of non-ortho nitro benzene ring substituents is 1. The lowest BCUT2D eigenvalue weighted by Gasteiger charge is -2.12. The van der Waals surface area contributed by atoms with E-state index in [1.807, 2.05) is 19.1 Å². The summed E-state index contributed by atoms with van der Waals surface area (Å²) >= 11 is 11.0. The molecule has 0 fully saturated rings. The highest BCUT2D eigenvalue weighted by Crippen LogP contribution is 2.26. The van der Waals surface area contributed by atoms with E-state index in [2.05, 4.69) is 16.2 Å². The van der Waals surface area contributed by atoms with Gasteiger partial charge in [-0.2, -0.15) is 0 Å². The number of nitro benzene ring substituents is 1. The number of halogens is 1. The normalized spacial score (nSPS) is 10.0. The molecule has 25 heavy (non-hydrogen) atoms. The molecule has 130 valence electrons. The van der Waals surface area contributed by atoms with Gasteiger partial charge in [-0.15, -0.1) is 0 Å². The van der Waals surface area contributed by atoms with Crippen molar-refractivity contribution in [2.45, 2.75) is 13.3 Å². The minimum Gasteiger partial charge on any atom is -0.330 e. The predicted molar refractivity (Wildman–Crippen MR) is 101 cm³/mol. The molecule has 9 heteroatoms. The molecule has 0 atom stereocenters. The van der Waals surface area contributed by atoms with Gasteiger partial charge in [0.25, 0.3) is 11.6 Å². The van der Waals surface area contributed by atoms with Crippen LogP contribution >= 0.6 is 23.8 Å². The quantitative estimate of drug-likeness (QED) is 0.428. The van der Waals surface area contributed by atoms with E-state index in [-0.39, 0.29) is 27.4 Å². The lowest BCUT2D eigenvalue weighted by Crippen LogP contribution is -2.43. The summed E-state index contributed by atoms with van der Waals surface area (Å²) in [5, 5.41) is 13.8. The van der Waals surface area contributed by atoms with Crippen molar-refractivity contribution >= 4 is 46.2 Å². The molecule has 0 unspecified atom stereocenters. The molecule has 0 aliphatic carbocycles. The van der Waals surface area contributed by atoms with Gasteiger partial charge in [0, 0.05) is 17.7 Å². The fraction of sp³-hybridized carbons (Fsp3) is 0.125. The molecule has 2 aromatic rings. The van der Waals surface area contributed by atoms with Crippen molar-refractivity contribution in [3.63, 3.8) is 0 Å². The first kappa shape index (κ1) is 18.6. The molecule has 0 radical (unpaired) electrons. The van der Waals surface area contributed by atoms with Crippen molar-refractivity contribution in [1.82, 2.24) is 10.9 Å². The van der Waals surface area contributed by atoms with Crippen LogP contribution in [0.15, 0.2) is 42.5 Å². The first-order valence-electron chi connectivity index (χ1n) is 7.31. The maximum atomic E-state index is 12.0. The summed E-state index contributed by atoms with van der Waals surface area (Å²) in [6, 6.07) is 11.1. The molecule has 2 aromatic carbocycles. The Morgan fingerprint density at radius 1 is 1.20 bits per heavy atom. The van der Waals surface area contributed by atoms with Crippen LogP contribution in [-0.4, -0.2) is 15.9 Å². The van der Waals surface area contributed by atoms with Gasteiger partial charge in [0.15, 0.2) is 5.11 Å². The number of anilines is 1. The average molecular weight is 379 g/mol. The summed E-state index contributed by atoms with van der Waals surface area (Å²) in [6.07, 6.45) is 0.887. The predicted octanol–water partition coefficient (Wildman–Crippen LogP) is 3.44. The highest BCUT2D eigenvalue weighted by molar-refractivity contribution is 7.80. The van der Waals surface area contributed by atoms with E-state index in [0.717, 1.165) is 12.0 Å². The number of aryl methyl sites for hydroxylation is 1. The van der Waals surface area contributed by atoms with Crippen LogP contribution in [0.25, 0.3) is 0 Å². The number of rotatable bonds is 4. The lowest BCUT2D eigenvalue weighted by molar-refractivity contribution is -0.384. The van der Waals surface area contributed by atoms with Crippen molar-refractivity contribution < 1.29 is 9.72 Å². The number of nitro groups is 1. The Bertz CT molecular complexity index is 812. The van der Waals surface area contributed by atoms with Crippen LogP contribution in [0, 0.1) is 10.1 Å². The summed E-state index contributed by atoms with van der Waals surface area (Å²) in [5.41, 5.74) is 6.70. The van der Waals surface area contributed by atoms with Gasteiger partial charge in [-0.1, -0.05) is 30.7 Å². The topological polar surface area (TPSA) is 96.3 Å². The summed E-state index contributed by atoms with van der Waals surface area (Å²) in [6.45, 7) is 2.03. The van der Waals surface area contributed by atoms with Gasteiger partial charge in [-0.05, 0) is 42.4 Å². The number of hydrazine groups is 1. The van der Waals surface area contributed by atoms with Crippen molar-refractivity contribution in [2.75, 3.05) is 5.32 Å². The maximum Gasteiger partial charge on any atom is 0.271 e. The van der Waals surface area contributed by atoms with E-state index in [9.17, 15) is 14.9 Å². The van der Waals surface area contributed by atoms with Gasteiger partial charge in [-0.3, -0.25) is 25.8 Å². The highest BCUT2D eigenvalue weighted by Gasteiger charge is 2.11. The van der Waals surface area contributed by atoms with Crippen LogP contribution in [0.4, 0.5) is 11.4 Å². The molecule has 3 N–H and O–H groups in total. The van der Waals surface area contributed by atoms with Gasteiger partial charge in [-0.25, -0.2) is 0 Å². The summed E-state index contributed by atoms with van der Waals surface area (Å²) in [7, 11) is 0. The Kier molecular flexibility index (Phi) is 6.26. The van der Waals surface area contributed by atoms with E-state index in [4.69, 9.17) is 23.8 Å². The number of carbonyl (C=O) groups excluding carboxylic acids is 1. The van der Waals surface area contributed by atoms with Gasteiger partial charge in [0.1, 0.15) is 0 Å². The second-order valence-corrected chi connectivity index (χ2v) is 5.82. The zero-order valence-corrected chi connectivity index (χ0v) is 14.8. The van der Waals surface area contributed by atoms with Crippen LogP contribution in [0.5, 0.6) is 0 Å². The Labute approximate surface area is 154 Å². The standard InChI is InChI=1S/C16H15ClN4O3S/c1-2-10-3-5-11(6-4-10)15(22)19-20-16(25)18-14-9-12(21(23)24)7-8-13(14)17/h3-9H,2H2,1H3,(H,19,22)(H2,18,20,25). The Balaban J connectivity index is 1.95. The van der Waals surface area contributed by atoms with E-state index in [1.54, 1.807) is 12.1 Å². The number of nitrogens with one attached hydrogen (secondary N) is 3. The van der Waals surface area contributed by atoms with E-state index in [0.29, 0.717) is 5.56 Å². The molecular formula is C16H15ClN4O3S. The van der Waals surface area contributed by atoms with Crippen molar-refractivity contribution in [1.29, 1.82) is 0 Å². The van der Waals surface area contributed by atoms with Crippen LogP contribution in [0.2, 0.25) is 5.02 Å². The minimum absolute atomic E-state index is 0.0425. The monoisotopic (exact) mass is 378 g/mol. The SMILES string of the molecule is CCc1ccc(C(=O)NNC(=S)Nc2cc([N+](=O)[O-])ccc2Cl)cc1. The summed E-state index contributed by atoms with van der Waals surface area (Å²) < 4.78 is 0. The first-order valence-corrected chi connectivity index (χ1v) is 8.09. The molecule has 0 aliphatic rings. The zero-order chi connectivity index (χ0) is 18.4. The van der Waals surface area contributed by atoms with Crippen LogP contribution < -0.4 is 16.2 Å². The molecule has 0 spiro atoms. The van der Waals surface area contributed by atoms with E-state index < -0.39 is 4.92 Å². The van der Waals surface area contributed by atoms with Gasteiger partial charge < -0.3 is 5.32 Å². The number of nitrogens with zero attached hydrogens (tertiary/aromatic N) is 1. The minimum atomic E-state index is -0.542. The number of thiocarbonyl (C=S) groups is 1. The molecule has 1 amide bonds. The van der Waals surface area contributed by atoms with Crippen molar-refractivity contribution in [3.05, 3.63) is 68.7 Å². The molecule has 2 rings (SSSR count). The smallest absolute Gasteiger partial charge is 0.271 e. The molecule has 7 nitrogen and oxygen atoms in total. The third kappa shape index (κ3) is 5.13. The Morgan fingerprint density at radius 3 is 2.48 bits per heavy atom. The number of benzene rings is 2. The number of amides is 1. The second kappa shape index (κ2) is 8.41. The first-order chi connectivity index (χ1) is 11.9. The lowest BCUT2D eigenvalue weighted by atomic mass is 10.1. The summed E-state index contributed by atoms with van der Waals surface area (Å²) in [4.78, 5) is 22.3. The fourth-order valence-corrected chi connectivity index (χ4v) is 2.28. The average Bonchev–Trinajstić information content (AvgIpc) is 2.61. The fourth-order valence-electron chi connectivity index (χ4n) is 1.95. The van der Waals surface area contributed by atoms with Gasteiger partial charge >= 0.3 is 0 Å². The van der Waals surface area contributed by atoms with Crippen molar-refractivity contribution in [3.8, 4) is 0 Å². The zero-order valence-electron chi connectivity index (χ0n) is 13.2. The highest BCUT2D eigenvalue weighted by atomic mass is 35.5. The molecular weight excluding hydrogens is 364 g/mol. The molecule has 0 aliphatic heterocycles. The summed E-state index contributed by atoms with van der Waals surface area (Å²) in [5.74, 6) is -0.364. The Hall–Kier alpha value is -2.71. The molecule has 0 saturated heterocycles. The maximum absolute atomic E-state index is 12.0. The largest absolute Gasteiger partial charge is 0.330 e. The Morgan fingerprint density at radius 2 is 1.88 bits per heavy atom. The molecule has 0 bridgehead atoms. The number of carbonyl (C=O) groups is 1. The van der Waals surface area contributed by atoms with E-state index >= 15 is 0 Å². The molecule has 0 aromatic heterocycles. The number of hydrogen-bond donors (Lipinski definition) is 3. The van der Waals surface area contributed by atoms with Crippen LogP contribution in [0.3, 0.4) is 0 Å². The number of hydrogen-bond acceptors (Lipinski definition) is 4. The second-order valence-electron chi connectivity index (χ2n) is 5.00. The third-order valence-corrected chi connectivity index (χ3v) is 3.86. The van der Waals surface area contributed by atoms with Gasteiger partial charge in [0.2, 0.25) is 0 Å². The van der Waals surface area contributed by atoms with Gasteiger partial charge in [0.05, 0.1) is 15.6 Å². The molecule has 0 saturated carbocycles. The van der Waals surface area contributed by atoms with Crippen molar-refractivity contribution in [2.24, 2.45) is 0 Å². The third-order valence-electron chi connectivity index (χ3n) is 3.32. The van der Waals surface area contributed by atoms with Crippen LogP contribution in [-0.2, 0) is 6.42 Å².